The lowest BCUT2D eigenvalue weighted by atomic mass is 10.1. The number of pyridine rings is 1. The molecule has 1 unspecified atom stereocenters. The summed E-state index contributed by atoms with van der Waals surface area (Å²) in [6.45, 7) is 5.40. The normalized spacial score (nSPS) is 16.6. The third-order valence-corrected chi connectivity index (χ3v) is 7.72. The average molecular weight is 547 g/mol. The smallest absolute Gasteiger partial charge is 0.220 e. The Morgan fingerprint density at radius 3 is 2.58 bits per heavy atom. The van der Waals surface area contributed by atoms with Crippen molar-refractivity contribution in [2.75, 3.05) is 27.2 Å². The molecule has 0 saturated carbocycles. The summed E-state index contributed by atoms with van der Waals surface area (Å²) in [5.74, 6) is -1.19. The van der Waals surface area contributed by atoms with Crippen molar-refractivity contribution in [1.29, 1.82) is 0 Å². The van der Waals surface area contributed by atoms with Crippen molar-refractivity contribution in [2.24, 2.45) is 0 Å². The summed E-state index contributed by atoms with van der Waals surface area (Å²) < 4.78 is 29.1. The van der Waals surface area contributed by atoms with Gasteiger partial charge in [-0.3, -0.25) is 9.69 Å². The molecule has 0 spiro atoms. The van der Waals surface area contributed by atoms with Crippen molar-refractivity contribution in [1.82, 2.24) is 29.7 Å². The molecule has 0 bridgehead atoms. The number of benzene rings is 2. The molecule has 1 amide bonds. The number of carbonyl (C=O) groups excluding carboxylic acids is 1. The lowest BCUT2D eigenvalue weighted by molar-refractivity contribution is -0.121. The van der Waals surface area contributed by atoms with Crippen molar-refractivity contribution in [2.45, 2.75) is 51.4 Å². The number of halogens is 2. The van der Waals surface area contributed by atoms with Crippen LogP contribution in [-0.2, 0) is 24.3 Å². The fourth-order valence-electron chi connectivity index (χ4n) is 5.35. The van der Waals surface area contributed by atoms with Gasteiger partial charge in [0.05, 0.1) is 12.6 Å². The van der Waals surface area contributed by atoms with E-state index in [1.807, 2.05) is 17.6 Å². The zero-order valence-corrected chi connectivity index (χ0v) is 23.3. The van der Waals surface area contributed by atoms with Gasteiger partial charge >= 0.3 is 0 Å². The number of hydrogen-bond donors (Lipinski definition) is 1. The quantitative estimate of drug-likeness (QED) is 0.312. The summed E-state index contributed by atoms with van der Waals surface area (Å²) in [5.41, 5.74) is 4.26. The second-order valence-corrected chi connectivity index (χ2v) is 10.9. The van der Waals surface area contributed by atoms with Crippen molar-refractivity contribution in [3.63, 3.8) is 0 Å². The monoisotopic (exact) mass is 546 g/mol. The SMILES string of the molecule is C[C@H](NC(=O)CCc1nc2cccnc2n1Cc1ccc(F)c(F)c1)c1ccc(CN2CCC(N(C)C)C2)cc1. The number of carbonyl (C=O) groups is 1. The number of nitrogens with one attached hydrogen (secondary N) is 1. The number of likely N-dealkylation sites (tertiary alicyclic amines) is 1. The molecule has 4 aromatic rings. The standard InChI is InChI=1S/C31H36F2N6O/c1-21(24-9-6-22(7-10-24)18-38-16-14-25(20-38)37(2)3)35-30(40)13-12-29-36-28-5-4-15-34-31(28)39(29)19-23-8-11-26(32)27(33)17-23/h4-11,15,17,21,25H,12-14,16,18-20H2,1-3H3,(H,35,40)/t21-,25?/m0/s1. The van der Waals surface area contributed by atoms with Crippen LogP contribution in [0.15, 0.2) is 60.8 Å². The summed E-state index contributed by atoms with van der Waals surface area (Å²) in [6, 6.07) is 16.5. The number of nitrogens with zero attached hydrogens (tertiary/aromatic N) is 5. The van der Waals surface area contributed by atoms with E-state index < -0.39 is 11.6 Å². The van der Waals surface area contributed by atoms with Gasteiger partial charge in [0.2, 0.25) is 5.91 Å². The van der Waals surface area contributed by atoms with E-state index in [1.54, 1.807) is 18.3 Å². The van der Waals surface area contributed by atoms with Gasteiger partial charge in [0.25, 0.3) is 0 Å². The number of hydrogen-bond acceptors (Lipinski definition) is 5. The summed E-state index contributed by atoms with van der Waals surface area (Å²) in [6.07, 6.45) is 3.50. The van der Waals surface area contributed by atoms with E-state index in [0.29, 0.717) is 35.0 Å². The molecule has 7 nitrogen and oxygen atoms in total. The fourth-order valence-corrected chi connectivity index (χ4v) is 5.35. The fraction of sp³-hybridized carbons (Fsp3) is 0.387. The summed E-state index contributed by atoms with van der Waals surface area (Å²) >= 11 is 0. The van der Waals surface area contributed by atoms with Crippen LogP contribution in [0.1, 0.15) is 48.3 Å². The molecule has 1 fully saturated rings. The summed E-state index contributed by atoms with van der Waals surface area (Å²) in [7, 11) is 4.28. The first kappa shape index (κ1) is 27.9. The number of fused-ring (bicyclic) bond motifs is 1. The number of likely N-dealkylation sites (N-methyl/N-ethyl adjacent to an activating group) is 1. The highest BCUT2D eigenvalue weighted by Crippen LogP contribution is 2.21. The predicted molar refractivity (Wildman–Crippen MR) is 152 cm³/mol. The minimum atomic E-state index is -0.896. The number of rotatable bonds is 10. The lowest BCUT2D eigenvalue weighted by Crippen LogP contribution is -2.31. The molecule has 0 aliphatic carbocycles. The van der Waals surface area contributed by atoms with E-state index in [-0.39, 0.29) is 24.9 Å². The molecule has 1 N–H and O–H groups in total. The Hall–Kier alpha value is -3.69. The zero-order valence-electron chi connectivity index (χ0n) is 23.3. The van der Waals surface area contributed by atoms with Crippen molar-refractivity contribution in [3.8, 4) is 0 Å². The van der Waals surface area contributed by atoms with E-state index >= 15 is 0 Å². The largest absolute Gasteiger partial charge is 0.350 e. The first-order chi connectivity index (χ1) is 19.3. The van der Waals surface area contributed by atoms with Crippen molar-refractivity contribution < 1.29 is 13.6 Å². The lowest BCUT2D eigenvalue weighted by Gasteiger charge is -2.20. The number of aryl methyl sites for hydroxylation is 1. The molecule has 2 aromatic carbocycles. The molecule has 1 aliphatic rings. The molecule has 1 saturated heterocycles. The van der Waals surface area contributed by atoms with Crippen molar-refractivity contribution in [3.05, 3.63) is 94.9 Å². The molecule has 210 valence electrons. The Kier molecular flexibility index (Phi) is 8.52. The molecule has 0 radical (unpaired) electrons. The van der Waals surface area contributed by atoms with Gasteiger partial charge in [-0.25, -0.2) is 18.7 Å². The Bertz CT molecular complexity index is 1470. The molecule has 5 rings (SSSR count). The second-order valence-electron chi connectivity index (χ2n) is 10.9. The van der Waals surface area contributed by atoms with Gasteiger partial charge in [-0.05, 0) is 68.4 Å². The van der Waals surface area contributed by atoms with Crippen LogP contribution < -0.4 is 5.32 Å². The minimum absolute atomic E-state index is 0.0808. The van der Waals surface area contributed by atoms with Crippen LogP contribution in [-0.4, -0.2) is 63.5 Å². The summed E-state index contributed by atoms with van der Waals surface area (Å²) in [4.78, 5) is 26.8. The van der Waals surface area contributed by atoms with Crippen LogP contribution in [0.4, 0.5) is 8.78 Å². The first-order valence-corrected chi connectivity index (χ1v) is 13.8. The van der Waals surface area contributed by atoms with E-state index in [2.05, 4.69) is 63.4 Å². The highest BCUT2D eigenvalue weighted by molar-refractivity contribution is 5.77. The van der Waals surface area contributed by atoms with E-state index in [1.165, 1.54) is 18.1 Å². The Balaban J connectivity index is 1.19. The van der Waals surface area contributed by atoms with Crippen LogP contribution >= 0.6 is 0 Å². The topological polar surface area (TPSA) is 66.3 Å². The van der Waals surface area contributed by atoms with Crippen LogP contribution in [0.3, 0.4) is 0 Å². The highest BCUT2D eigenvalue weighted by Gasteiger charge is 2.23. The van der Waals surface area contributed by atoms with E-state index in [4.69, 9.17) is 0 Å². The van der Waals surface area contributed by atoms with Gasteiger partial charge < -0.3 is 14.8 Å². The van der Waals surface area contributed by atoms with Gasteiger partial charge in [-0.1, -0.05) is 30.3 Å². The zero-order chi connectivity index (χ0) is 28.2. The predicted octanol–water partition coefficient (Wildman–Crippen LogP) is 4.70. The summed E-state index contributed by atoms with van der Waals surface area (Å²) in [5, 5.41) is 3.10. The minimum Gasteiger partial charge on any atom is -0.350 e. The molecule has 3 heterocycles. The van der Waals surface area contributed by atoms with Crippen LogP contribution in [0.2, 0.25) is 0 Å². The van der Waals surface area contributed by atoms with Gasteiger partial charge in [-0.15, -0.1) is 0 Å². The Labute approximate surface area is 233 Å². The van der Waals surface area contributed by atoms with Crippen LogP contribution in [0.5, 0.6) is 0 Å². The van der Waals surface area contributed by atoms with Gasteiger partial charge in [0.1, 0.15) is 11.3 Å². The molecule has 1 aliphatic heterocycles. The van der Waals surface area contributed by atoms with Crippen LogP contribution in [0, 0.1) is 11.6 Å². The van der Waals surface area contributed by atoms with E-state index in [0.717, 1.165) is 31.3 Å². The molecule has 40 heavy (non-hydrogen) atoms. The Morgan fingerprint density at radius 1 is 1.07 bits per heavy atom. The van der Waals surface area contributed by atoms with Gasteiger partial charge in [0.15, 0.2) is 17.3 Å². The first-order valence-electron chi connectivity index (χ1n) is 13.8. The van der Waals surface area contributed by atoms with Crippen LogP contribution in [0.25, 0.3) is 11.2 Å². The highest BCUT2D eigenvalue weighted by atomic mass is 19.2. The van der Waals surface area contributed by atoms with Gasteiger partial charge in [-0.2, -0.15) is 0 Å². The van der Waals surface area contributed by atoms with E-state index in [9.17, 15) is 13.6 Å². The maximum Gasteiger partial charge on any atom is 0.220 e. The molecular weight excluding hydrogens is 510 g/mol. The number of imidazole rings is 1. The third-order valence-electron chi connectivity index (χ3n) is 7.72. The molecule has 9 heteroatoms. The number of aromatic nitrogens is 3. The third kappa shape index (κ3) is 6.54. The second kappa shape index (κ2) is 12.2. The maximum atomic E-state index is 13.8. The molecule has 2 aromatic heterocycles. The van der Waals surface area contributed by atoms with Crippen molar-refractivity contribution >= 4 is 17.1 Å². The average Bonchev–Trinajstić information content (AvgIpc) is 3.55. The number of amides is 1. The Morgan fingerprint density at radius 2 is 1.85 bits per heavy atom. The molecule has 2 atom stereocenters. The maximum absolute atomic E-state index is 13.8. The molecular formula is C31H36F2N6O. The van der Waals surface area contributed by atoms with Gasteiger partial charge in [0, 0.05) is 44.7 Å².